The minimum absolute atomic E-state index is 0.0844. The van der Waals surface area contributed by atoms with E-state index in [0.29, 0.717) is 5.69 Å². The summed E-state index contributed by atoms with van der Waals surface area (Å²) >= 11 is 0. The fourth-order valence-corrected chi connectivity index (χ4v) is 2.54. The highest BCUT2D eigenvalue weighted by molar-refractivity contribution is 7.89. The van der Waals surface area contributed by atoms with Gasteiger partial charge < -0.3 is 4.74 Å². The summed E-state index contributed by atoms with van der Waals surface area (Å²) in [5, 5.41) is 7.78. The Morgan fingerprint density at radius 1 is 1.38 bits per heavy atom. The van der Waals surface area contributed by atoms with Gasteiger partial charge in [-0.25, -0.2) is 18.2 Å². The van der Waals surface area contributed by atoms with Crippen molar-refractivity contribution in [1.82, 2.24) is 9.78 Å². The van der Waals surface area contributed by atoms with Crippen molar-refractivity contribution in [2.24, 2.45) is 5.14 Å². The van der Waals surface area contributed by atoms with Crippen molar-refractivity contribution in [3.05, 3.63) is 46.4 Å². The molecule has 21 heavy (non-hydrogen) atoms. The lowest BCUT2D eigenvalue weighted by molar-refractivity contribution is -0.139. The number of hydrogen-bond donors (Lipinski definition) is 2. The highest BCUT2D eigenvalue weighted by Gasteiger charge is 2.17. The molecule has 0 amide bonds. The lowest BCUT2D eigenvalue weighted by Gasteiger charge is -2.07. The molecule has 0 aliphatic rings. The van der Waals surface area contributed by atoms with Crippen LogP contribution in [0.1, 0.15) is 5.69 Å². The van der Waals surface area contributed by atoms with Gasteiger partial charge in [0.15, 0.2) is 0 Å². The fourth-order valence-electron chi connectivity index (χ4n) is 1.82. The van der Waals surface area contributed by atoms with Crippen LogP contribution < -0.4 is 10.7 Å². The van der Waals surface area contributed by atoms with E-state index in [-0.39, 0.29) is 17.0 Å². The highest BCUT2D eigenvalue weighted by atomic mass is 32.2. The third-order valence-electron chi connectivity index (χ3n) is 2.75. The third kappa shape index (κ3) is 3.20. The molecule has 0 unspecified atom stereocenters. The number of H-pyrrole nitrogens is 1. The van der Waals surface area contributed by atoms with E-state index in [9.17, 15) is 18.0 Å². The first-order valence-electron chi connectivity index (χ1n) is 5.83. The van der Waals surface area contributed by atoms with Crippen LogP contribution in [0.2, 0.25) is 0 Å². The van der Waals surface area contributed by atoms with Gasteiger partial charge in [0.05, 0.1) is 19.2 Å². The van der Waals surface area contributed by atoms with E-state index in [4.69, 9.17) is 5.14 Å². The number of nitrogens with one attached hydrogen (secondary N) is 1. The summed E-state index contributed by atoms with van der Waals surface area (Å²) in [5.74, 6) is -0.525. The maximum absolute atomic E-state index is 11.9. The minimum atomic E-state index is -3.99. The van der Waals surface area contributed by atoms with E-state index in [1.165, 1.54) is 31.4 Å². The SMILES string of the molecule is COC(=O)Cc1cc(=O)n(-c2ccccc2S(N)(=O)=O)[nH]1. The predicted octanol–water partition coefficient (Wildman–Crippen LogP) is -0.471. The number of carbonyl (C=O) groups is 1. The van der Waals surface area contributed by atoms with Gasteiger partial charge in [-0.2, -0.15) is 0 Å². The number of hydrogen-bond acceptors (Lipinski definition) is 5. The van der Waals surface area contributed by atoms with E-state index >= 15 is 0 Å². The molecule has 0 aliphatic carbocycles. The predicted molar refractivity (Wildman–Crippen MR) is 73.5 cm³/mol. The van der Waals surface area contributed by atoms with Crippen LogP contribution >= 0.6 is 0 Å². The lowest BCUT2D eigenvalue weighted by atomic mass is 10.3. The molecular weight excluding hydrogens is 298 g/mol. The molecule has 0 saturated carbocycles. The molecule has 9 heteroatoms. The standard InChI is InChI=1S/C12H13N3O5S/c1-20-12(17)7-8-6-11(16)15(14-8)9-4-2-3-5-10(9)21(13,18)19/h2-6,14H,7H2,1H3,(H2,13,18,19). The Bertz CT molecular complexity index is 835. The number of rotatable bonds is 4. The van der Waals surface area contributed by atoms with E-state index in [0.717, 1.165) is 4.68 Å². The van der Waals surface area contributed by atoms with Crippen molar-refractivity contribution in [2.45, 2.75) is 11.3 Å². The Labute approximate surface area is 120 Å². The minimum Gasteiger partial charge on any atom is -0.469 e. The molecule has 1 aromatic carbocycles. The molecule has 0 radical (unpaired) electrons. The lowest BCUT2D eigenvalue weighted by Crippen LogP contribution is -2.20. The van der Waals surface area contributed by atoms with Gasteiger partial charge in [0.2, 0.25) is 10.0 Å². The average Bonchev–Trinajstić information content (AvgIpc) is 2.78. The third-order valence-corrected chi connectivity index (χ3v) is 3.71. The monoisotopic (exact) mass is 311 g/mol. The number of aromatic amines is 1. The maximum atomic E-state index is 11.9. The molecule has 3 N–H and O–H groups in total. The Hall–Kier alpha value is -2.39. The Morgan fingerprint density at radius 3 is 2.67 bits per heavy atom. The van der Waals surface area contributed by atoms with Gasteiger partial charge in [0, 0.05) is 11.8 Å². The maximum Gasteiger partial charge on any atom is 0.311 e. The van der Waals surface area contributed by atoms with Crippen LogP contribution in [0.3, 0.4) is 0 Å². The van der Waals surface area contributed by atoms with Crippen LogP contribution in [0.5, 0.6) is 0 Å². The average molecular weight is 311 g/mol. The van der Waals surface area contributed by atoms with Crippen LogP contribution in [-0.4, -0.2) is 31.3 Å². The summed E-state index contributed by atoms with van der Waals surface area (Å²) in [7, 11) is -2.76. The highest BCUT2D eigenvalue weighted by Crippen LogP contribution is 2.16. The first-order chi connectivity index (χ1) is 9.82. The van der Waals surface area contributed by atoms with Crippen LogP contribution in [0.15, 0.2) is 40.0 Å². The zero-order chi connectivity index (χ0) is 15.6. The number of primary sulfonamides is 1. The van der Waals surface area contributed by atoms with Gasteiger partial charge in [-0.05, 0) is 12.1 Å². The Balaban J connectivity index is 2.54. The number of para-hydroxylation sites is 1. The largest absolute Gasteiger partial charge is 0.469 e. The smallest absolute Gasteiger partial charge is 0.311 e. The number of esters is 1. The second-order valence-corrected chi connectivity index (χ2v) is 5.75. The second-order valence-electron chi connectivity index (χ2n) is 4.22. The summed E-state index contributed by atoms with van der Waals surface area (Å²) in [6.07, 6.45) is -0.129. The molecule has 0 fully saturated rings. The zero-order valence-corrected chi connectivity index (χ0v) is 11.9. The van der Waals surface area contributed by atoms with E-state index in [2.05, 4.69) is 9.84 Å². The number of aromatic nitrogens is 2. The molecule has 2 rings (SSSR count). The summed E-state index contributed by atoms with van der Waals surface area (Å²) in [4.78, 5) is 22.9. The molecule has 1 aromatic heterocycles. The van der Waals surface area contributed by atoms with Gasteiger partial charge in [0.25, 0.3) is 5.56 Å². The van der Waals surface area contributed by atoms with Crippen molar-refractivity contribution in [3.8, 4) is 5.69 Å². The number of benzene rings is 1. The Morgan fingerprint density at radius 2 is 2.05 bits per heavy atom. The van der Waals surface area contributed by atoms with Crippen molar-refractivity contribution in [3.63, 3.8) is 0 Å². The number of ether oxygens (including phenoxy) is 1. The van der Waals surface area contributed by atoms with Gasteiger partial charge in [0.1, 0.15) is 4.90 Å². The van der Waals surface area contributed by atoms with Crippen LogP contribution in [0, 0.1) is 0 Å². The van der Waals surface area contributed by atoms with Crippen molar-refractivity contribution in [2.75, 3.05) is 7.11 Å². The number of methoxy groups -OCH3 is 1. The summed E-state index contributed by atoms with van der Waals surface area (Å²) in [6, 6.07) is 6.97. The number of nitrogens with zero attached hydrogens (tertiary/aromatic N) is 1. The second kappa shape index (κ2) is 5.54. The fraction of sp³-hybridized carbons (Fsp3) is 0.167. The number of nitrogens with two attached hydrogens (primary N) is 1. The van der Waals surface area contributed by atoms with Gasteiger partial charge >= 0.3 is 5.97 Å². The quantitative estimate of drug-likeness (QED) is 0.738. The van der Waals surface area contributed by atoms with Gasteiger partial charge in [-0.15, -0.1) is 0 Å². The van der Waals surface area contributed by atoms with Crippen LogP contribution in [0.25, 0.3) is 5.69 Å². The topological polar surface area (TPSA) is 124 Å². The first-order valence-corrected chi connectivity index (χ1v) is 7.37. The van der Waals surface area contributed by atoms with Crippen LogP contribution in [-0.2, 0) is 26.0 Å². The molecule has 112 valence electrons. The summed E-state index contributed by atoms with van der Waals surface area (Å²) < 4.78 is 28.6. The first kappa shape index (κ1) is 15.0. The van der Waals surface area contributed by atoms with Crippen molar-refractivity contribution < 1.29 is 17.9 Å². The normalized spacial score (nSPS) is 11.3. The number of carbonyl (C=O) groups excluding carboxylic acids is 1. The molecule has 0 atom stereocenters. The van der Waals surface area contributed by atoms with Crippen LogP contribution in [0.4, 0.5) is 0 Å². The van der Waals surface area contributed by atoms with Crippen molar-refractivity contribution in [1.29, 1.82) is 0 Å². The summed E-state index contributed by atoms with van der Waals surface area (Å²) in [6.45, 7) is 0. The number of sulfonamides is 1. The molecule has 0 spiro atoms. The Kier molecular flexibility index (Phi) is 3.96. The molecular formula is C12H13N3O5S. The molecule has 8 nitrogen and oxygen atoms in total. The molecule has 0 bridgehead atoms. The van der Waals surface area contributed by atoms with E-state index in [1.54, 1.807) is 6.07 Å². The van der Waals surface area contributed by atoms with E-state index in [1.807, 2.05) is 0 Å². The molecule has 0 saturated heterocycles. The molecule has 2 aromatic rings. The van der Waals surface area contributed by atoms with E-state index < -0.39 is 21.6 Å². The summed E-state index contributed by atoms with van der Waals surface area (Å²) in [5.41, 5.74) is -0.123. The zero-order valence-electron chi connectivity index (χ0n) is 11.1. The van der Waals surface area contributed by atoms with Gasteiger partial charge in [-0.1, -0.05) is 12.1 Å². The molecule has 1 heterocycles. The molecule has 0 aliphatic heterocycles. The van der Waals surface area contributed by atoms with Gasteiger partial charge in [-0.3, -0.25) is 14.7 Å². The van der Waals surface area contributed by atoms with Crippen molar-refractivity contribution >= 4 is 16.0 Å².